The summed E-state index contributed by atoms with van der Waals surface area (Å²) in [5.74, 6) is -0.949. The highest BCUT2D eigenvalue weighted by molar-refractivity contribution is 5.82. The minimum atomic E-state index is -1.81. The number of hydrogen-bond donors (Lipinski definition) is 2. The van der Waals surface area contributed by atoms with Crippen LogP contribution in [0.3, 0.4) is 0 Å². The Morgan fingerprint density at radius 3 is 0.943 bits per heavy atom. The molecule has 0 aromatic carbocycles. The van der Waals surface area contributed by atoms with E-state index in [1.807, 2.05) is 9.80 Å². The first-order chi connectivity index (χ1) is 17.1. The molecule has 2 amide bonds. The fraction of sp³-hybridized carbons (Fsp3) is 0.929. The Balaban J connectivity index is 1.43. The van der Waals surface area contributed by atoms with Crippen LogP contribution >= 0.6 is 0 Å². The van der Waals surface area contributed by atoms with Crippen molar-refractivity contribution in [3.05, 3.63) is 0 Å². The van der Waals surface area contributed by atoms with Crippen molar-refractivity contribution in [3.8, 4) is 0 Å². The fourth-order valence-corrected chi connectivity index (χ4v) is 7.25. The molecular formula is C28H48N2O5. The van der Waals surface area contributed by atoms with Crippen molar-refractivity contribution >= 4 is 11.8 Å². The lowest BCUT2D eigenvalue weighted by atomic mass is 9.88. The molecule has 4 saturated carbocycles. The lowest BCUT2D eigenvalue weighted by molar-refractivity contribution is -0.225. The first-order valence-corrected chi connectivity index (χ1v) is 14.7. The number of aliphatic hydroxyl groups is 2. The first kappa shape index (κ1) is 26.9. The third kappa shape index (κ3) is 6.98. The quantitative estimate of drug-likeness (QED) is 0.482. The van der Waals surface area contributed by atoms with Crippen LogP contribution in [0.4, 0.5) is 0 Å². The van der Waals surface area contributed by atoms with Crippen molar-refractivity contribution < 1.29 is 24.5 Å². The van der Waals surface area contributed by atoms with Crippen LogP contribution in [0.2, 0.25) is 0 Å². The summed E-state index contributed by atoms with van der Waals surface area (Å²) in [5.41, 5.74) is 0. The largest absolute Gasteiger partial charge is 0.360 e. The van der Waals surface area contributed by atoms with Gasteiger partial charge in [-0.3, -0.25) is 9.59 Å². The van der Waals surface area contributed by atoms with Crippen LogP contribution in [0.15, 0.2) is 0 Å². The van der Waals surface area contributed by atoms with Crippen molar-refractivity contribution in [1.29, 1.82) is 0 Å². The van der Waals surface area contributed by atoms with Crippen LogP contribution in [-0.4, -0.2) is 68.6 Å². The van der Waals surface area contributed by atoms with Crippen LogP contribution < -0.4 is 0 Å². The highest BCUT2D eigenvalue weighted by Crippen LogP contribution is 2.33. The summed E-state index contributed by atoms with van der Waals surface area (Å²) in [5, 5.41) is 21.7. The molecule has 0 radical (unpaired) electrons. The highest BCUT2D eigenvalue weighted by Gasteiger charge is 2.40. The Labute approximate surface area is 211 Å². The average Bonchev–Trinajstić information content (AvgIpc) is 2.91. The molecular weight excluding hydrogens is 444 g/mol. The van der Waals surface area contributed by atoms with Crippen molar-refractivity contribution in [3.63, 3.8) is 0 Å². The van der Waals surface area contributed by atoms with Crippen molar-refractivity contribution in [2.45, 2.75) is 165 Å². The van der Waals surface area contributed by atoms with E-state index in [-0.39, 0.29) is 24.2 Å². The second-order valence-corrected chi connectivity index (χ2v) is 11.5. The van der Waals surface area contributed by atoms with E-state index in [2.05, 4.69) is 0 Å². The Kier molecular flexibility index (Phi) is 10.3. The fourth-order valence-electron chi connectivity index (χ4n) is 7.25. The lowest BCUT2D eigenvalue weighted by Gasteiger charge is -2.43. The SMILES string of the molecule is O=C(C(O)OC(O)C(=O)N(C1CCCCC1)C1CCCCC1)N(C1CCCCC1)C1CCCCC1. The molecule has 7 heteroatoms. The molecule has 4 fully saturated rings. The van der Waals surface area contributed by atoms with Gasteiger partial charge in [-0.05, 0) is 51.4 Å². The lowest BCUT2D eigenvalue weighted by Crippen LogP contribution is -2.56. The number of carbonyl (C=O) groups excluding carboxylic acids is 2. The van der Waals surface area contributed by atoms with Gasteiger partial charge in [0, 0.05) is 24.2 Å². The Morgan fingerprint density at radius 1 is 0.486 bits per heavy atom. The maximum Gasteiger partial charge on any atom is 0.279 e. The molecule has 4 aliphatic carbocycles. The van der Waals surface area contributed by atoms with Crippen LogP contribution in [0, 0.1) is 0 Å². The van der Waals surface area contributed by atoms with E-state index in [0.29, 0.717) is 0 Å². The van der Waals surface area contributed by atoms with E-state index >= 15 is 0 Å². The molecule has 0 aromatic rings. The molecule has 4 rings (SSSR count). The summed E-state index contributed by atoms with van der Waals surface area (Å²) in [6.07, 6.45) is 17.5. The van der Waals surface area contributed by atoms with Gasteiger partial charge in [0.05, 0.1) is 0 Å². The van der Waals surface area contributed by atoms with E-state index in [9.17, 15) is 19.8 Å². The predicted octanol–water partition coefficient (Wildman–Crippen LogP) is 4.63. The molecule has 7 nitrogen and oxygen atoms in total. The van der Waals surface area contributed by atoms with Crippen molar-refractivity contribution in [1.82, 2.24) is 9.80 Å². The number of nitrogens with zero attached hydrogens (tertiary/aromatic N) is 2. The zero-order chi connectivity index (χ0) is 24.6. The van der Waals surface area contributed by atoms with Crippen LogP contribution in [0.1, 0.15) is 128 Å². The van der Waals surface area contributed by atoms with Gasteiger partial charge in [0.25, 0.3) is 11.8 Å². The number of amides is 2. The molecule has 0 bridgehead atoms. The minimum Gasteiger partial charge on any atom is -0.360 e. The average molecular weight is 493 g/mol. The van der Waals surface area contributed by atoms with Crippen molar-refractivity contribution in [2.24, 2.45) is 0 Å². The molecule has 0 heterocycles. The third-order valence-electron chi connectivity index (χ3n) is 9.06. The summed E-state index contributed by atoms with van der Waals surface area (Å²) in [6, 6.07) is 0.468. The normalized spacial score (nSPS) is 25.7. The van der Waals surface area contributed by atoms with Gasteiger partial charge in [0.1, 0.15) is 0 Å². The zero-order valence-corrected chi connectivity index (χ0v) is 21.6. The molecule has 35 heavy (non-hydrogen) atoms. The number of carbonyl (C=O) groups is 2. The Hall–Kier alpha value is -1.18. The van der Waals surface area contributed by atoms with Crippen LogP contribution in [0.5, 0.6) is 0 Å². The van der Waals surface area contributed by atoms with Gasteiger partial charge in [-0.15, -0.1) is 0 Å². The van der Waals surface area contributed by atoms with Gasteiger partial charge in [0.2, 0.25) is 12.6 Å². The highest BCUT2D eigenvalue weighted by atomic mass is 16.7. The maximum absolute atomic E-state index is 13.5. The molecule has 0 aromatic heterocycles. The number of rotatable bonds is 8. The standard InChI is InChI=1S/C28H48N2O5/c31-25(29(21-13-5-1-6-14-21)22-15-7-2-8-16-22)27(33)35-28(34)26(32)30(23-17-9-3-10-18-23)24-19-11-4-12-20-24/h21-24,27-28,33-34H,1-20H2. The van der Waals surface area contributed by atoms with Crippen LogP contribution in [-0.2, 0) is 14.3 Å². The van der Waals surface area contributed by atoms with Gasteiger partial charge in [-0.1, -0.05) is 77.0 Å². The van der Waals surface area contributed by atoms with E-state index < -0.39 is 24.4 Å². The van der Waals surface area contributed by atoms with Gasteiger partial charge in [0.15, 0.2) is 0 Å². The molecule has 4 aliphatic rings. The summed E-state index contributed by atoms with van der Waals surface area (Å²) >= 11 is 0. The van der Waals surface area contributed by atoms with Gasteiger partial charge < -0.3 is 24.7 Å². The van der Waals surface area contributed by atoms with Gasteiger partial charge in [-0.2, -0.15) is 0 Å². The molecule has 2 atom stereocenters. The smallest absolute Gasteiger partial charge is 0.279 e. The van der Waals surface area contributed by atoms with Crippen LogP contribution in [0.25, 0.3) is 0 Å². The van der Waals surface area contributed by atoms with Gasteiger partial charge >= 0.3 is 0 Å². The summed E-state index contributed by atoms with van der Waals surface area (Å²) in [6.45, 7) is 0. The molecule has 2 N–H and O–H groups in total. The van der Waals surface area contributed by atoms with E-state index in [1.54, 1.807) is 0 Å². The maximum atomic E-state index is 13.5. The predicted molar refractivity (Wildman–Crippen MR) is 134 cm³/mol. The molecule has 200 valence electrons. The minimum absolute atomic E-state index is 0.117. The summed E-state index contributed by atoms with van der Waals surface area (Å²) < 4.78 is 5.43. The zero-order valence-electron chi connectivity index (χ0n) is 21.6. The molecule has 2 unspecified atom stereocenters. The monoisotopic (exact) mass is 492 g/mol. The molecule has 0 aliphatic heterocycles. The summed E-state index contributed by atoms with van der Waals surface area (Å²) in [4.78, 5) is 30.7. The Morgan fingerprint density at radius 2 is 0.714 bits per heavy atom. The third-order valence-corrected chi connectivity index (χ3v) is 9.06. The topological polar surface area (TPSA) is 90.3 Å². The number of ether oxygens (including phenoxy) is 1. The summed E-state index contributed by atoms with van der Waals surface area (Å²) in [7, 11) is 0. The number of hydrogen-bond acceptors (Lipinski definition) is 5. The van der Waals surface area contributed by atoms with E-state index in [4.69, 9.17) is 4.74 Å². The van der Waals surface area contributed by atoms with Crippen molar-refractivity contribution in [2.75, 3.05) is 0 Å². The van der Waals surface area contributed by atoms with Gasteiger partial charge in [-0.25, -0.2) is 0 Å². The second-order valence-electron chi connectivity index (χ2n) is 11.5. The van der Waals surface area contributed by atoms with E-state index in [1.165, 1.54) is 25.7 Å². The molecule has 0 saturated heterocycles. The Bertz CT molecular complexity index is 572. The number of aliphatic hydroxyl groups excluding tert-OH is 2. The molecule has 0 spiro atoms. The first-order valence-electron chi connectivity index (χ1n) is 14.7. The van der Waals surface area contributed by atoms with E-state index in [0.717, 1.165) is 103 Å². The second kappa shape index (κ2) is 13.4.